The van der Waals surface area contributed by atoms with Crippen LogP contribution < -0.4 is 14.2 Å². The van der Waals surface area contributed by atoms with Crippen LogP contribution in [0.5, 0.6) is 17.2 Å². The van der Waals surface area contributed by atoms with Gasteiger partial charge in [0.25, 0.3) is 0 Å². The molecule has 0 atom stereocenters. The Hall–Kier alpha value is -2.59. The highest BCUT2D eigenvalue weighted by Crippen LogP contribution is 2.40. The fourth-order valence-corrected chi connectivity index (χ4v) is 2.36. The number of aromatic amines is 1. The highest BCUT2D eigenvalue weighted by Gasteiger charge is 2.16. The van der Waals surface area contributed by atoms with Crippen molar-refractivity contribution >= 4 is 12.2 Å². The molecule has 114 valence electrons. The molecule has 22 heavy (non-hydrogen) atoms. The molecule has 0 bridgehead atoms. The van der Waals surface area contributed by atoms with Crippen molar-refractivity contribution in [1.82, 2.24) is 9.97 Å². The van der Waals surface area contributed by atoms with Gasteiger partial charge in [-0.2, -0.15) is 5.26 Å². The lowest BCUT2D eigenvalue weighted by atomic mass is 10.1. The van der Waals surface area contributed by atoms with E-state index in [0.717, 1.165) is 0 Å². The average molecular weight is 317 g/mol. The van der Waals surface area contributed by atoms with Crippen LogP contribution in [0.25, 0.3) is 11.4 Å². The van der Waals surface area contributed by atoms with Crippen LogP contribution >= 0.6 is 12.2 Å². The first-order chi connectivity index (χ1) is 10.5. The zero-order valence-corrected chi connectivity index (χ0v) is 13.5. The molecule has 0 unspecified atom stereocenters. The summed E-state index contributed by atoms with van der Waals surface area (Å²) in [4.78, 5) is 7.34. The number of nitrogens with zero attached hydrogens (tertiary/aromatic N) is 2. The Morgan fingerprint density at radius 3 is 2.14 bits per heavy atom. The van der Waals surface area contributed by atoms with Crippen molar-refractivity contribution in [1.29, 1.82) is 5.26 Å². The second-order valence-electron chi connectivity index (χ2n) is 4.42. The second-order valence-corrected chi connectivity index (χ2v) is 4.80. The van der Waals surface area contributed by atoms with Gasteiger partial charge in [-0.15, -0.1) is 0 Å². The number of H-pyrrole nitrogens is 1. The number of hydrogen-bond acceptors (Lipinski definition) is 6. The first-order valence-corrected chi connectivity index (χ1v) is 6.78. The predicted molar refractivity (Wildman–Crippen MR) is 84.0 cm³/mol. The zero-order valence-electron chi connectivity index (χ0n) is 12.7. The van der Waals surface area contributed by atoms with Crippen molar-refractivity contribution in [3.63, 3.8) is 0 Å². The van der Waals surface area contributed by atoms with Gasteiger partial charge in [-0.1, -0.05) is 12.2 Å². The predicted octanol–water partition coefficient (Wildman–Crippen LogP) is 3.01. The van der Waals surface area contributed by atoms with Crippen molar-refractivity contribution in [3.8, 4) is 34.7 Å². The van der Waals surface area contributed by atoms with E-state index >= 15 is 0 Å². The molecule has 1 heterocycles. The first-order valence-electron chi connectivity index (χ1n) is 6.37. The Bertz CT molecular complexity index is 784. The summed E-state index contributed by atoms with van der Waals surface area (Å²) in [5.74, 6) is 2.05. The molecule has 7 heteroatoms. The van der Waals surface area contributed by atoms with Crippen molar-refractivity contribution in [2.45, 2.75) is 6.92 Å². The lowest BCUT2D eigenvalue weighted by Gasteiger charge is -2.14. The summed E-state index contributed by atoms with van der Waals surface area (Å²) in [7, 11) is 4.62. The summed E-state index contributed by atoms with van der Waals surface area (Å²) in [6.45, 7) is 1.78. The van der Waals surface area contributed by atoms with E-state index in [9.17, 15) is 0 Å². The van der Waals surface area contributed by atoms with Gasteiger partial charge in [-0.05, 0) is 19.1 Å². The molecule has 0 saturated heterocycles. The van der Waals surface area contributed by atoms with Crippen LogP contribution in [0, 0.1) is 22.9 Å². The van der Waals surface area contributed by atoms with E-state index in [1.54, 1.807) is 33.3 Å². The Balaban J connectivity index is 2.68. The summed E-state index contributed by atoms with van der Waals surface area (Å²) in [5.41, 5.74) is 1.74. The molecule has 2 rings (SSSR count). The SMILES string of the molecule is COc1cc(-c2nc(=S)c(C#N)c(C)[nH]2)cc(OC)c1OC. The first kappa shape index (κ1) is 15.8. The number of aryl methyl sites for hydroxylation is 1. The summed E-state index contributed by atoms with van der Waals surface area (Å²) in [5, 5.41) is 9.06. The van der Waals surface area contributed by atoms with Gasteiger partial charge >= 0.3 is 0 Å². The number of aromatic nitrogens is 2. The average Bonchev–Trinajstić information content (AvgIpc) is 2.52. The fraction of sp³-hybridized carbons (Fsp3) is 0.267. The van der Waals surface area contributed by atoms with Crippen molar-refractivity contribution in [3.05, 3.63) is 28.0 Å². The van der Waals surface area contributed by atoms with Crippen LogP contribution in [0.2, 0.25) is 0 Å². The van der Waals surface area contributed by atoms with Gasteiger partial charge in [0.1, 0.15) is 22.1 Å². The molecule has 1 aromatic carbocycles. The second kappa shape index (κ2) is 6.45. The maximum atomic E-state index is 9.06. The van der Waals surface area contributed by atoms with Crippen LogP contribution in [-0.4, -0.2) is 31.3 Å². The zero-order chi connectivity index (χ0) is 16.3. The van der Waals surface area contributed by atoms with Crippen LogP contribution in [0.3, 0.4) is 0 Å². The molecule has 0 aliphatic carbocycles. The topological polar surface area (TPSA) is 80.2 Å². The van der Waals surface area contributed by atoms with E-state index < -0.39 is 0 Å². The van der Waals surface area contributed by atoms with E-state index in [2.05, 4.69) is 9.97 Å². The highest BCUT2D eigenvalue weighted by atomic mass is 32.1. The summed E-state index contributed by atoms with van der Waals surface area (Å²) in [6.07, 6.45) is 0. The molecule has 0 spiro atoms. The minimum absolute atomic E-state index is 0.252. The number of nitriles is 1. The van der Waals surface area contributed by atoms with E-state index in [4.69, 9.17) is 31.7 Å². The normalized spacial score (nSPS) is 9.95. The molecule has 0 saturated carbocycles. The summed E-state index contributed by atoms with van der Waals surface area (Å²) in [6, 6.07) is 5.57. The standard InChI is InChI=1S/C15H15N3O3S/c1-8-10(7-16)15(22)18-14(17-8)9-5-11(19-2)13(21-4)12(6-9)20-3/h5-6H,1-4H3,(H,17,18,22). The van der Waals surface area contributed by atoms with Crippen molar-refractivity contribution in [2.75, 3.05) is 21.3 Å². The van der Waals surface area contributed by atoms with Crippen LogP contribution in [-0.2, 0) is 0 Å². The molecule has 1 N–H and O–H groups in total. The molecule has 0 aliphatic rings. The summed E-state index contributed by atoms with van der Waals surface area (Å²) >= 11 is 5.16. The third kappa shape index (κ3) is 2.73. The fourth-order valence-electron chi connectivity index (χ4n) is 2.07. The van der Waals surface area contributed by atoms with Crippen LogP contribution in [0.1, 0.15) is 11.3 Å². The quantitative estimate of drug-likeness (QED) is 0.873. The maximum Gasteiger partial charge on any atom is 0.203 e. The Kier molecular flexibility index (Phi) is 4.63. The third-order valence-corrected chi connectivity index (χ3v) is 3.45. The van der Waals surface area contributed by atoms with Crippen molar-refractivity contribution < 1.29 is 14.2 Å². The van der Waals surface area contributed by atoms with Gasteiger partial charge in [0, 0.05) is 11.3 Å². The van der Waals surface area contributed by atoms with E-state index in [1.165, 1.54) is 7.11 Å². The molecule has 0 aliphatic heterocycles. The minimum atomic E-state index is 0.252. The molecule has 0 amide bonds. The number of hydrogen-bond donors (Lipinski definition) is 1. The molecule has 6 nitrogen and oxygen atoms in total. The Labute approximate surface area is 133 Å². The van der Waals surface area contributed by atoms with Crippen molar-refractivity contribution in [2.24, 2.45) is 0 Å². The van der Waals surface area contributed by atoms with Gasteiger partial charge in [0.05, 0.1) is 21.3 Å². The van der Waals surface area contributed by atoms with E-state index in [-0.39, 0.29) is 4.64 Å². The Morgan fingerprint density at radius 1 is 1.14 bits per heavy atom. The lowest BCUT2D eigenvalue weighted by Crippen LogP contribution is -1.99. The largest absolute Gasteiger partial charge is 0.493 e. The van der Waals surface area contributed by atoms with Gasteiger partial charge in [0.2, 0.25) is 5.75 Å². The number of nitrogens with one attached hydrogen (secondary N) is 1. The third-order valence-electron chi connectivity index (χ3n) is 3.16. The molecule has 0 radical (unpaired) electrons. The monoisotopic (exact) mass is 317 g/mol. The van der Waals surface area contributed by atoms with Crippen LogP contribution in [0.15, 0.2) is 12.1 Å². The molecule has 1 aromatic heterocycles. The number of methoxy groups -OCH3 is 3. The Morgan fingerprint density at radius 2 is 1.73 bits per heavy atom. The smallest absolute Gasteiger partial charge is 0.203 e. The molecule has 2 aromatic rings. The lowest BCUT2D eigenvalue weighted by molar-refractivity contribution is 0.324. The van der Waals surface area contributed by atoms with Gasteiger partial charge in [0.15, 0.2) is 11.5 Å². The molecular formula is C15H15N3O3S. The number of rotatable bonds is 4. The van der Waals surface area contributed by atoms with Gasteiger partial charge in [-0.3, -0.25) is 0 Å². The van der Waals surface area contributed by atoms with Crippen LogP contribution in [0.4, 0.5) is 0 Å². The van der Waals surface area contributed by atoms with Gasteiger partial charge in [-0.25, -0.2) is 4.98 Å². The van der Waals surface area contributed by atoms with Gasteiger partial charge < -0.3 is 19.2 Å². The molecule has 0 fully saturated rings. The van der Waals surface area contributed by atoms with E-state index in [0.29, 0.717) is 39.9 Å². The summed E-state index contributed by atoms with van der Waals surface area (Å²) < 4.78 is 16.2. The maximum absolute atomic E-state index is 9.06. The molecular weight excluding hydrogens is 302 g/mol. The number of benzene rings is 1. The van der Waals surface area contributed by atoms with E-state index in [1.807, 2.05) is 6.07 Å². The highest BCUT2D eigenvalue weighted by molar-refractivity contribution is 7.71. The minimum Gasteiger partial charge on any atom is -0.493 e. The number of ether oxygens (including phenoxy) is 3.